The lowest BCUT2D eigenvalue weighted by Gasteiger charge is -2.30. The third kappa shape index (κ3) is 4.13. The Morgan fingerprint density at radius 2 is 2.13 bits per heavy atom. The number of rotatable bonds is 6. The van der Waals surface area contributed by atoms with E-state index in [1.807, 2.05) is 0 Å². The number of methoxy groups -OCH3 is 1. The molecular formula is C16H16BrNO5. The molecule has 0 saturated carbocycles. The van der Waals surface area contributed by atoms with Crippen LogP contribution in [0.4, 0.5) is 0 Å². The quantitative estimate of drug-likeness (QED) is 0.801. The van der Waals surface area contributed by atoms with Crippen molar-refractivity contribution in [1.82, 2.24) is 5.32 Å². The molecule has 1 atom stereocenters. The van der Waals surface area contributed by atoms with E-state index in [4.69, 9.17) is 9.15 Å². The fourth-order valence-corrected chi connectivity index (χ4v) is 2.58. The van der Waals surface area contributed by atoms with E-state index < -0.39 is 17.4 Å². The first-order valence-electron chi connectivity index (χ1n) is 6.77. The summed E-state index contributed by atoms with van der Waals surface area (Å²) in [7, 11) is 1.52. The van der Waals surface area contributed by atoms with E-state index in [1.165, 1.54) is 19.4 Å². The van der Waals surface area contributed by atoms with Crippen LogP contribution in [0.3, 0.4) is 0 Å². The monoisotopic (exact) mass is 381 g/mol. The van der Waals surface area contributed by atoms with Crippen LogP contribution in [-0.4, -0.2) is 24.1 Å². The number of hydrogen-bond donors (Lipinski definition) is 2. The van der Waals surface area contributed by atoms with Gasteiger partial charge in [-0.2, -0.15) is 0 Å². The largest absolute Gasteiger partial charge is 0.497 e. The molecule has 1 aromatic heterocycles. The molecule has 122 valence electrons. The molecule has 0 spiro atoms. The van der Waals surface area contributed by atoms with Crippen molar-refractivity contribution >= 4 is 27.8 Å². The maximum Gasteiger partial charge on any atom is 0.306 e. The van der Waals surface area contributed by atoms with Crippen molar-refractivity contribution in [3.63, 3.8) is 0 Å². The Kier molecular flexibility index (Phi) is 5.10. The average Bonchev–Trinajstić information content (AvgIpc) is 2.93. The van der Waals surface area contributed by atoms with E-state index in [2.05, 4.69) is 21.2 Å². The third-order valence-electron chi connectivity index (χ3n) is 3.43. The second-order valence-electron chi connectivity index (χ2n) is 5.23. The SMILES string of the molecule is COc1cccc(C(C)(CC(=O)O)NC(=O)c2coc(Br)c2)c1. The van der Waals surface area contributed by atoms with Crippen LogP contribution < -0.4 is 10.1 Å². The summed E-state index contributed by atoms with van der Waals surface area (Å²) in [6.07, 6.45) is 1.02. The fourth-order valence-electron chi connectivity index (χ4n) is 2.24. The fraction of sp³-hybridized carbons (Fsp3) is 0.250. The highest BCUT2D eigenvalue weighted by Gasteiger charge is 2.32. The molecule has 0 saturated heterocycles. The number of ether oxygens (including phenoxy) is 1. The molecule has 1 unspecified atom stereocenters. The Labute approximate surface area is 141 Å². The first-order valence-corrected chi connectivity index (χ1v) is 7.56. The van der Waals surface area contributed by atoms with Crippen LogP contribution in [0.25, 0.3) is 0 Å². The maximum atomic E-state index is 12.4. The van der Waals surface area contributed by atoms with Gasteiger partial charge in [-0.25, -0.2) is 0 Å². The van der Waals surface area contributed by atoms with Crippen molar-refractivity contribution in [2.45, 2.75) is 18.9 Å². The summed E-state index contributed by atoms with van der Waals surface area (Å²) >= 11 is 3.13. The van der Waals surface area contributed by atoms with Gasteiger partial charge < -0.3 is 19.6 Å². The highest BCUT2D eigenvalue weighted by Crippen LogP contribution is 2.28. The minimum atomic E-state index is -1.10. The highest BCUT2D eigenvalue weighted by molar-refractivity contribution is 9.10. The van der Waals surface area contributed by atoms with E-state index in [9.17, 15) is 14.7 Å². The normalized spacial score (nSPS) is 13.2. The first kappa shape index (κ1) is 17.1. The maximum absolute atomic E-state index is 12.4. The molecule has 1 aromatic carbocycles. The van der Waals surface area contributed by atoms with E-state index in [0.29, 0.717) is 21.5 Å². The molecule has 0 radical (unpaired) electrons. The van der Waals surface area contributed by atoms with Gasteiger partial charge in [0, 0.05) is 6.07 Å². The zero-order valence-electron chi connectivity index (χ0n) is 12.6. The molecule has 1 heterocycles. The lowest BCUT2D eigenvalue weighted by atomic mass is 9.88. The van der Waals surface area contributed by atoms with Gasteiger partial charge in [0.05, 0.1) is 24.6 Å². The summed E-state index contributed by atoms with van der Waals surface area (Å²) in [6, 6.07) is 8.46. The van der Waals surface area contributed by atoms with Crippen molar-refractivity contribution in [3.8, 4) is 5.75 Å². The Morgan fingerprint density at radius 3 is 2.70 bits per heavy atom. The van der Waals surface area contributed by atoms with Crippen molar-refractivity contribution < 1.29 is 23.8 Å². The Hall–Kier alpha value is -2.28. The number of carbonyl (C=O) groups is 2. The first-order chi connectivity index (χ1) is 10.8. The van der Waals surface area contributed by atoms with Crippen molar-refractivity contribution in [3.05, 3.63) is 52.4 Å². The molecule has 0 aliphatic rings. The van der Waals surface area contributed by atoms with Crippen LogP contribution in [0, 0.1) is 0 Å². The van der Waals surface area contributed by atoms with Gasteiger partial charge in [0.1, 0.15) is 12.0 Å². The van der Waals surface area contributed by atoms with E-state index in [-0.39, 0.29) is 6.42 Å². The number of amides is 1. The van der Waals surface area contributed by atoms with Gasteiger partial charge in [-0.05, 0) is 40.5 Å². The third-order valence-corrected chi connectivity index (χ3v) is 3.85. The number of halogens is 1. The van der Waals surface area contributed by atoms with Crippen molar-refractivity contribution in [2.24, 2.45) is 0 Å². The summed E-state index contributed by atoms with van der Waals surface area (Å²) in [5, 5.41) is 12.0. The minimum absolute atomic E-state index is 0.273. The lowest BCUT2D eigenvalue weighted by molar-refractivity contribution is -0.138. The summed E-state index contributed by atoms with van der Waals surface area (Å²) in [6.45, 7) is 1.66. The lowest BCUT2D eigenvalue weighted by Crippen LogP contribution is -2.45. The summed E-state index contributed by atoms with van der Waals surface area (Å²) < 4.78 is 10.6. The molecule has 7 heteroatoms. The number of nitrogens with one attached hydrogen (secondary N) is 1. The Morgan fingerprint density at radius 1 is 1.39 bits per heavy atom. The van der Waals surface area contributed by atoms with Crippen LogP contribution in [0.15, 0.2) is 45.7 Å². The van der Waals surface area contributed by atoms with E-state index in [1.54, 1.807) is 31.2 Å². The number of benzene rings is 1. The minimum Gasteiger partial charge on any atom is -0.497 e. The summed E-state index contributed by atoms with van der Waals surface area (Å²) in [4.78, 5) is 23.6. The average molecular weight is 382 g/mol. The number of aliphatic carboxylic acids is 1. The number of carboxylic acids is 1. The standard InChI is InChI=1S/C16H16BrNO5/c1-16(8-14(19)20,11-4-3-5-12(7-11)22-2)18-15(21)10-6-13(17)23-9-10/h3-7,9H,8H2,1-2H3,(H,18,21)(H,19,20). The molecule has 23 heavy (non-hydrogen) atoms. The van der Waals surface area contributed by atoms with Gasteiger partial charge in [-0.3, -0.25) is 9.59 Å². The number of furan rings is 1. The second kappa shape index (κ2) is 6.87. The van der Waals surface area contributed by atoms with Gasteiger partial charge in [0.2, 0.25) is 0 Å². The van der Waals surface area contributed by atoms with Crippen LogP contribution in [0.1, 0.15) is 29.3 Å². The predicted molar refractivity (Wildman–Crippen MR) is 86.5 cm³/mol. The number of carbonyl (C=O) groups excluding carboxylic acids is 1. The zero-order valence-corrected chi connectivity index (χ0v) is 14.2. The molecule has 1 amide bonds. The van der Waals surface area contributed by atoms with Gasteiger partial charge in [0.25, 0.3) is 5.91 Å². The van der Waals surface area contributed by atoms with Crippen molar-refractivity contribution in [1.29, 1.82) is 0 Å². The van der Waals surface area contributed by atoms with Crippen molar-refractivity contribution in [2.75, 3.05) is 7.11 Å². The molecule has 2 aromatic rings. The highest BCUT2D eigenvalue weighted by atomic mass is 79.9. The molecule has 6 nitrogen and oxygen atoms in total. The molecule has 0 fully saturated rings. The smallest absolute Gasteiger partial charge is 0.306 e. The molecule has 2 N–H and O–H groups in total. The van der Waals surface area contributed by atoms with E-state index >= 15 is 0 Å². The molecule has 0 aliphatic carbocycles. The summed E-state index contributed by atoms with van der Waals surface area (Å²) in [5.74, 6) is -0.866. The zero-order chi connectivity index (χ0) is 17.0. The van der Waals surface area contributed by atoms with Gasteiger partial charge in [-0.1, -0.05) is 12.1 Å². The van der Waals surface area contributed by atoms with E-state index in [0.717, 1.165) is 0 Å². The molecule has 0 aliphatic heterocycles. The Bertz CT molecular complexity index is 727. The number of hydrogen-bond acceptors (Lipinski definition) is 4. The molecular weight excluding hydrogens is 366 g/mol. The van der Waals surface area contributed by atoms with Crippen LogP contribution in [0.2, 0.25) is 0 Å². The summed E-state index contributed by atoms with van der Waals surface area (Å²) in [5.41, 5.74) is -0.159. The molecule has 2 rings (SSSR count). The van der Waals surface area contributed by atoms with Crippen LogP contribution >= 0.6 is 15.9 Å². The topological polar surface area (TPSA) is 88.8 Å². The Balaban J connectivity index is 2.34. The van der Waals surface area contributed by atoms with Gasteiger partial charge in [-0.15, -0.1) is 0 Å². The number of carboxylic acid groups (broad SMARTS) is 1. The molecule has 0 bridgehead atoms. The van der Waals surface area contributed by atoms with Crippen LogP contribution in [-0.2, 0) is 10.3 Å². The van der Waals surface area contributed by atoms with Crippen LogP contribution in [0.5, 0.6) is 5.75 Å². The predicted octanol–water partition coefficient (Wildman–Crippen LogP) is 3.17. The van der Waals surface area contributed by atoms with Gasteiger partial charge in [0.15, 0.2) is 4.67 Å². The van der Waals surface area contributed by atoms with Gasteiger partial charge >= 0.3 is 5.97 Å². The second-order valence-corrected chi connectivity index (χ2v) is 6.01.